The number of hydrogen-bond donors (Lipinski definition) is 1. The monoisotopic (exact) mass is 377 g/mol. The average Bonchev–Trinajstić information content (AvgIpc) is 2.87. The van der Waals surface area contributed by atoms with Crippen molar-refractivity contribution < 1.29 is 19.4 Å². The molecule has 1 heterocycles. The van der Waals surface area contributed by atoms with Gasteiger partial charge in [-0.2, -0.15) is 0 Å². The van der Waals surface area contributed by atoms with E-state index in [9.17, 15) is 9.59 Å². The molecule has 1 saturated heterocycles. The Balaban J connectivity index is 1.83. The number of carboxylic acids is 1. The van der Waals surface area contributed by atoms with Crippen molar-refractivity contribution in [3.63, 3.8) is 0 Å². The Hall–Kier alpha value is -2.12. The Bertz CT molecular complexity index is 637. The molecule has 0 aromatic heterocycles. The van der Waals surface area contributed by atoms with Crippen LogP contribution >= 0.6 is 0 Å². The standard InChI is InChI=1S/C20H31N3O4/c1-21(15-20(25)26)17-7-5-10-23(11-9-17)14-19(24)22(2)13-16-6-4-8-18(12-16)27-3/h4,6,8,12,17H,5,7,9-11,13-15H2,1-3H3,(H,25,26). The van der Waals surface area contributed by atoms with Crippen LogP contribution in [0.5, 0.6) is 5.75 Å². The Morgan fingerprint density at radius 3 is 2.74 bits per heavy atom. The molecule has 1 amide bonds. The Kier molecular flexibility index (Phi) is 8.06. The molecule has 7 heteroatoms. The van der Waals surface area contributed by atoms with Gasteiger partial charge >= 0.3 is 5.97 Å². The van der Waals surface area contributed by atoms with Gasteiger partial charge in [-0.15, -0.1) is 0 Å². The molecule has 2 rings (SSSR count). The van der Waals surface area contributed by atoms with Crippen LogP contribution in [0.3, 0.4) is 0 Å². The molecule has 1 aliphatic rings. The van der Waals surface area contributed by atoms with Crippen LogP contribution in [0, 0.1) is 0 Å². The number of amides is 1. The highest BCUT2D eigenvalue weighted by molar-refractivity contribution is 5.78. The summed E-state index contributed by atoms with van der Waals surface area (Å²) in [5, 5.41) is 8.96. The fraction of sp³-hybridized carbons (Fsp3) is 0.600. The third kappa shape index (κ3) is 6.84. The van der Waals surface area contributed by atoms with Gasteiger partial charge in [0, 0.05) is 26.2 Å². The number of benzene rings is 1. The van der Waals surface area contributed by atoms with Crippen molar-refractivity contribution in [2.24, 2.45) is 0 Å². The van der Waals surface area contributed by atoms with E-state index in [0.29, 0.717) is 13.1 Å². The fourth-order valence-electron chi connectivity index (χ4n) is 3.52. The summed E-state index contributed by atoms with van der Waals surface area (Å²) in [6.07, 6.45) is 2.83. The number of likely N-dealkylation sites (N-methyl/N-ethyl adjacent to an activating group) is 2. The summed E-state index contributed by atoms with van der Waals surface area (Å²) < 4.78 is 5.23. The van der Waals surface area contributed by atoms with Gasteiger partial charge < -0.3 is 14.7 Å². The highest BCUT2D eigenvalue weighted by Gasteiger charge is 2.23. The Morgan fingerprint density at radius 1 is 1.26 bits per heavy atom. The molecule has 1 fully saturated rings. The zero-order valence-corrected chi connectivity index (χ0v) is 16.6. The second kappa shape index (κ2) is 10.3. The highest BCUT2D eigenvalue weighted by atomic mass is 16.5. The summed E-state index contributed by atoms with van der Waals surface area (Å²) >= 11 is 0. The van der Waals surface area contributed by atoms with Gasteiger partial charge in [-0.1, -0.05) is 12.1 Å². The minimum atomic E-state index is -0.798. The van der Waals surface area contributed by atoms with E-state index in [4.69, 9.17) is 9.84 Å². The molecule has 0 spiro atoms. The molecular weight excluding hydrogens is 346 g/mol. The Labute approximate surface area is 161 Å². The van der Waals surface area contributed by atoms with Gasteiger partial charge in [0.25, 0.3) is 0 Å². The van der Waals surface area contributed by atoms with E-state index < -0.39 is 5.97 Å². The zero-order chi connectivity index (χ0) is 19.8. The molecule has 0 radical (unpaired) electrons. The first-order valence-corrected chi connectivity index (χ1v) is 9.40. The van der Waals surface area contributed by atoms with Crippen LogP contribution in [0.1, 0.15) is 24.8 Å². The lowest BCUT2D eigenvalue weighted by Crippen LogP contribution is -2.39. The van der Waals surface area contributed by atoms with E-state index in [-0.39, 0.29) is 18.5 Å². The van der Waals surface area contributed by atoms with Gasteiger partial charge in [-0.25, -0.2) is 0 Å². The van der Waals surface area contributed by atoms with Gasteiger partial charge in [0.05, 0.1) is 20.2 Å². The number of carbonyl (C=O) groups is 2. The summed E-state index contributed by atoms with van der Waals surface area (Å²) in [5.74, 6) is 0.0838. The van der Waals surface area contributed by atoms with Crippen molar-refractivity contribution in [2.75, 3.05) is 47.4 Å². The molecule has 0 aliphatic carbocycles. The molecule has 0 bridgehead atoms. The number of carbonyl (C=O) groups excluding carboxylic acids is 1. The number of hydrogen-bond acceptors (Lipinski definition) is 5. The quantitative estimate of drug-likeness (QED) is 0.741. The minimum absolute atomic E-state index is 0.0624. The molecule has 27 heavy (non-hydrogen) atoms. The van der Waals surface area contributed by atoms with Crippen LogP contribution in [-0.2, 0) is 16.1 Å². The molecule has 0 saturated carbocycles. The number of ether oxygens (including phenoxy) is 1. The third-order valence-corrected chi connectivity index (χ3v) is 5.14. The summed E-state index contributed by atoms with van der Waals surface area (Å²) in [5.41, 5.74) is 1.04. The molecule has 1 atom stereocenters. The first kappa shape index (κ1) is 21.2. The number of methoxy groups -OCH3 is 1. The third-order valence-electron chi connectivity index (χ3n) is 5.14. The van der Waals surface area contributed by atoms with E-state index in [0.717, 1.165) is 43.7 Å². The first-order valence-electron chi connectivity index (χ1n) is 9.40. The van der Waals surface area contributed by atoms with Crippen molar-refractivity contribution in [3.8, 4) is 5.75 Å². The second-order valence-electron chi connectivity index (χ2n) is 7.27. The lowest BCUT2D eigenvalue weighted by molar-refractivity contribution is -0.138. The normalized spacial score (nSPS) is 18.1. The van der Waals surface area contributed by atoms with Crippen molar-refractivity contribution in [2.45, 2.75) is 31.8 Å². The van der Waals surface area contributed by atoms with Crippen LogP contribution in [-0.4, -0.2) is 85.1 Å². The molecule has 150 valence electrons. The summed E-state index contributed by atoms with van der Waals surface area (Å²) in [7, 11) is 5.32. The van der Waals surface area contributed by atoms with Gasteiger partial charge in [0.1, 0.15) is 5.75 Å². The summed E-state index contributed by atoms with van der Waals surface area (Å²) in [6.45, 7) is 2.69. The lowest BCUT2D eigenvalue weighted by atomic mass is 10.1. The predicted molar refractivity (Wildman–Crippen MR) is 104 cm³/mol. The van der Waals surface area contributed by atoms with E-state index in [1.807, 2.05) is 43.3 Å². The summed E-state index contributed by atoms with van der Waals surface area (Å²) in [6, 6.07) is 8.01. The average molecular weight is 377 g/mol. The molecule has 1 aliphatic heterocycles. The van der Waals surface area contributed by atoms with Crippen LogP contribution in [0.25, 0.3) is 0 Å². The van der Waals surface area contributed by atoms with Crippen LogP contribution in [0.2, 0.25) is 0 Å². The molecule has 7 nitrogen and oxygen atoms in total. The smallest absolute Gasteiger partial charge is 0.317 e. The van der Waals surface area contributed by atoms with Crippen molar-refractivity contribution >= 4 is 11.9 Å². The van der Waals surface area contributed by atoms with Crippen molar-refractivity contribution in [1.82, 2.24) is 14.7 Å². The predicted octanol–water partition coefficient (Wildman–Crippen LogP) is 1.52. The van der Waals surface area contributed by atoms with E-state index in [1.54, 1.807) is 12.0 Å². The largest absolute Gasteiger partial charge is 0.497 e. The van der Waals surface area contributed by atoms with Gasteiger partial charge in [-0.3, -0.25) is 19.4 Å². The van der Waals surface area contributed by atoms with E-state index in [2.05, 4.69) is 4.90 Å². The number of likely N-dealkylation sites (tertiary alicyclic amines) is 1. The van der Waals surface area contributed by atoms with Crippen molar-refractivity contribution in [1.29, 1.82) is 0 Å². The molecule has 1 N–H and O–H groups in total. The second-order valence-corrected chi connectivity index (χ2v) is 7.27. The first-order chi connectivity index (χ1) is 12.9. The van der Waals surface area contributed by atoms with E-state index in [1.165, 1.54) is 0 Å². The maximum Gasteiger partial charge on any atom is 0.317 e. The maximum absolute atomic E-state index is 12.6. The van der Waals surface area contributed by atoms with Gasteiger partial charge in [-0.05, 0) is 50.6 Å². The maximum atomic E-state index is 12.6. The van der Waals surface area contributed by atoms with Gasteiger partial charge in [0.2, 0.25) is 5.91 Å². The minimum Gasteiger partial charge on any atom is -0.497 e. The molecular formula is C20H31N3O4. The van der Waals surface area contributed by atoms with Gasteiger partial charge in [0.15, 0.2) is 0 Å². The molecule has 1 aromatic rings. The molecule has 1 unspecified atom stereocenters. The highest BCUT2D eigenvalue weighted by Crippen LogP contribution is 2.17. The zero-order valence-electron chi connectivity index (χ0n) is 16.6. The number of rotatable bonds is 8. The fourth-order valence-corrected chi connectivity index (χ4v) is 3.52. The lowest BCUT2D eigenvalue weighted by Gasteiger charge is -2.26. The van der Waals surface area contributed by atoms with E-state index >= 15 is 0 Å². The van der Waals surface area contributed by atoms with Crippen molar-refractivity contribution in [3.05, 3.63) is 29.8 Å². The van der Waals surface area contributed by atoms with Crippen LogP contribution < -0.4 is 4.74 Å². The van der Waals surface area contributed by atoms with Crippen LogP contribution in [0.15, 0.2) is 24.3 Å². The molecule has 1 aromatic carbocycles. The summed E-state index contributed by atoms with van der Waals surface area (Å²) in [4.78, 5) is 29.3. The topological polar surface area (TPSA) is 73.3 Å². The Morgan fingerprint density at radius 2 is 2.04 bits per heavy atom. The number of carboxylic acid groups (broad SMARTS) is 1. The van der Waals surface area contributed by atoms with Crippen LogP contribution in [0.4, 0.5) is 0 Å². The SMILES string of the molecule is COc1cccc(CN(C)C(=O)CN2CCCC(N(C)CC(=O)O)CC2)c1. The number of nitrogens with zero attached hydrogens (tertiary/aromatic N) is 3. The number of aliphatic carboxylic acids is 1.